The van der Waals surface area contributed by atoms with Gasteiger partial charge in [-0.3, -0.25) is 0 Å². The lowest BCUT2D eigenvalue weighted by Crippen LogP contribution is -2.24. The van der Waals surface area contributed by atoms with Crippen LogP contribution in [0.2, 0.25) is 0 Å². The molecule has 0 amide bonds. The number of nitrogens with zero attached hydrogens (tertiary/aromatic N) is 1. The molecular weight excluding hydrogens is 288 g/mol. The first-order chi connectivity index (χ1) is 11.2. The molecule has 0 spiro atoms. The molecule has 0 bridgehead atoms. The molecular formula is C19H26N2O2. The minimum Gasteiger partial charge on any atom is -0.493 e. The van der Waals surface area contributed by atoms with E-state index in [1.54, 1.807) is 14.2 Å². The Balaban J connectivity index is 1.99. The molecule has 0 aromatic heterocycles. The predicted molar refractivity (Wildman–Crippen MR) is 96.6 cm³/mol. The number of nitrogens with two attached hydrogens (primary N) is 1. The van der Waals surface area contributed by atoms with Gasteiger partial charge in [0, 0.05) is 18.8 Å². The van der Waals surface area contributed by atoms with Gasteiger partial charge in [0.2, 0.25) is 0 Å². The van der Waals surface area contributed by atoms with E-state index < -0.39 is 0 Å². The normalized spacial score (nSPS) is 10.4. The number of rotatable bonds is 8. The highest BCUT2D eigenvalue weighted by Crippen LogP contribution is 2.34. The number of hydrogen-bond donors (Lipinski definition) is 1. The van der Waals surface area contributed by atoms with Crippen LogP contribution in [-0.4, -0.2) is 27.3 Å². The first kappa shape index (κ1) is 17.0. The second-order valence-electron chi connectivity index (χ2n) is 5.44. The number of methoxy groups -OCH3 is 2. The SMILES string of the molecule is CCN(CCCc1cc(N)c(OC)c(OC)c1)c1ccccc1. The van der Waals surface area contributed by atoms with Crippen LogP contribution < -0.4 is 20.1 Å². The van der Waals surface area contributed by atoms with Gasteiger partial charge in [-0.15, -0.1) is 0 Å². The van der Waals surface area contributed by atoms with Crippen LogP contribution in [0.5, 0.6) is 11.5 Å². The van der Waals surface area contributed by atoms with E-state index in [4.69, 9.17) is 15.2 Å². The summed E-state index contributed by atoms with van der Waals surface area (Å²) in [6, 6.07) is 14.5. The van der Waals surface area contributed by atoms with Crippen molar-refractivity contribution in [2.45, 2.75) is 19.8 Å². The van der Waals surface area contributed by atoms with Crippen molar-refractivity contribution in [1.29, 1.82) is 0 Å². The van der Waals surface area contributed by atoms with Crippen LogP contribution in [0.15, 0.2) is 42.5 Å². The molecule has 0 atom stereocenters. The van der Waals surface area contributed by atoms with Crippen molar-refractivity contribution >= 4 is 11.4 Å². The maximum absolute atomic E-state index is 6.04. The van der Waals surface area contributed by atoms with Crippen molar-refractivity contribution in [3.05, 3.63) is 48.0 Å². The van der Waals surface area contributed by atoms with E-state index in [0.717, 1.165) is 25.9 Å². The molecule has 4 heteroatoms. The van der Waals surface area contributed by atoms with E-state index in [1.807, 2.05) is 18.2 Å². The van der Waals surface area contributed by atoms with Gasteiger partial charge in [0.15, 0.2) is 11.5 Å². The first-order valence-electron chi connectivity index (χ1n) is 8.00. The molecule has 2 aromatic rings. The summed E-state index contributed by atoms with van der Waals surface area (Å²) in [5.41, 5.74) is 9.10. The summed E-state index contributed by atoms with van der Waals surface area (Å²) in [6.07, 6.45) is 2.01. The number of aryl methyl sites for hydroxylation is 1. The average Bonchev–Trinajstić information content (AvgIpc) is 2.59. The fraction of sp³-hybridized carbons (Fsp3) is 0.368. The highest BCUT2D eigenvalue weighted by Gasteiger charge is 2.10. The summed E-state index contributed by atoms with van der Waals surface area (Å²) >= 11 is 0. The predicted octanol–water partition coefficient (Wildman–Crippen LogP) is 3.75. The van der Waals surface area contributed by atoms with Crippen LogP contribution in [0.4, 0.5) is 11.4 Å². The number of para-hydroxylation sites is 1. The standard InChI is InChI=1S/C19H26N2O2/c1-4-21(16-10-6-5-7-11-16)12-8-9-15-13-17(20)19(23-3)18(14-15)22-2/h5-7,10-11,13-14H,4,8-9,12,20H2,1-3H3. The highest BCUT2D eigenvalue weighted by molar-refractivity contribution is 5.62. The molecule has 23 heavy (non-hydrogen) atoms. The summed E-state index contributed by atoms with van der Waals surface area (Å²) in [6.45, 7) is 4.19. The van der Waals surface area contributed by atoms with Crippen LogP contribution in [0.3, 0.4) is 0 Å². The third-order valence-electron chi connectivity index (χ3n) is 3.96. The van der Waals surface area contributed by atoms with E-state index in [2.05, 4.69) is 36.1 Å². The summed E-state index contributed by atoms with van der Waals surface area (Å²) in [4.78, 5) is 2.38. The molecule has 4 nitrogen and oxygen atoms in total. The average molecular weight is 314 g/mol. The third-order valence-corrected chi connectivity index (χ3v) is 3.96. The Morgan fingerprint density at radius 3 is 2.39 bits per heavy atom. The summed E-state index contributed by atoms with van der Waals surface area (Å²) < 4.78 is 10.6. The highest BCUT2D eigenvalue weighted by atomic mass is 16.5. The lowest BCUT2D eigenvalue weighted by Gasteiger charge is -2.23. The van der Waals surface area contributed by atoms with E-state index in [-0.39, 0.29) is 0 Å². The van der Waals surface area contributed by atoms with Crippen molar-refractivity contribution in [1.82, 2.24) is 0 Å². The fourth-order valence-electron chi connectivity index (χ4n) is 2.78. The van der Waals surface area contributed by atoms with Crippen molar-refractivity contribution in [2.75, 3.05) is 37.9 Å². The molecule has 0 aliphatic heterocycles. The quantitative estimate of drug-likeness (QED) is 0.754. The molecule has 0 aliphatic carbocycles. The van der Waals surface area contributed by atoms with Gasteiger partial charge < -0.3 is 20.1 Å². The van der Waals surface area contributed by atoms with E-state index in [9.17, 15) is 0 Å². The van der Waals surface area contributed by atoms with Gasteiger partial charge in [-0.2, -0.15) is 0 Å². The molecule has 2 aromatic carbocycles. The van der Waals surface area contributed by atoms with E-state index in [0.29, 0.717) is 17.2 Å². The molecule has 0 saturated carbocycles. The molecule has 0 saturated heterocycles. The molecule has 124 valence electrons. The Labute approximate surface area is 138 Å². The summed E-state index contributed by atoms with van der Waals surface area (Å²) in [7, 11) is 3.24. The van der Waals surface area contributed by atoms with Gasteiger partial charge >= 0.3 is 0 Å². The van der Waals surface area contributed by atoms with Gasteiger partial charge in [0.1, 0.15) is 0 Å². The molecule has 2 N–H and O–H groups in total. The monoisotopic (exact) mass is 314 g/mol. The van der Waals surface area contributed by atoms with Gasteiger partial charge in [-0.25, -0.2) is 0 Å². The number of benzene rings is 2. The second kappa shape index (κ2) is 8.32. The maximum atomic E-state index is 6.04. The van der Waals surface area contributed by atoms with Crippen molar-refractivity contribution in [3.8, 4) is 11.5 Å². The van der Waals surface area contributed by atoms with Gasteiger partial charge in [0.05, 0.1) is 19.9 Å². The Kier molecular flexibility index (Phi) is 6.15. The minimum absolute atomic E-state index is 0.607. The zero-order chi connectivity index (χ0) is 16.7. The molecule has 0 unspecified atom stereocenters. The van der Waals surface area contributed by atoms with Gasteiger partial charge in [-0.1, -0.05) is 18.2 Å². The number of nitrogen functional groups attached to an aromatic ring is 1. The Morgan fingerprint density at radius 1 is 1.04 bits per heavy atom. The minimum atomic E-state index is 0.607. The summed E-state index contributed by atoms with van der Waals surface area (Å²) in [5.74, 6) is 1.30. The smallest absolute Gasteiger partial charge is 0.183 e. The fourth-order valence-corrected chi connectivity index (χ4v) is 2.78. The Morgan fingerprint density at radius 2 is 1.78 bits per heavy atom. The largest absolute Gasteiger partial charge is 0.493 e. The lowest BCUT2D eigenvalue weighted by atomic mass is 10.1. The molecule has 0 fully saturated rings. The van der Waals surface area contributed by atoms with Crippen LogP contribution >= 0.6 is 0 Å². The zero-order valence-electron chi connectivity index (χ0n) is 14.2. The van der Waals surface area contributed by atoms with Crippen LogP contribution in [0.1, 0.15) is 18.9 Å². The third kappa shape index (κ3) is 4.31. The zero-order valence-corrected chi connectivity index (χ0v) is 14.2. The van der Waals surface area contributed by atoms with Gasteiger partial charge in [-0.05, 0) is 49.6 Å². The van der Waals surface area contributed by atoms with Crippen molar-refractivity contribution in [3.63, 3.8) is 0 Å². The Bertz CT molecular complexity index is 614. The first-order valence-corrected chi connectivity index (χ1v) is 8.00. The molecule has 0 radical (unpaired) electrons. The second-order valence-corrected chi connectivity index (χ2v) is 5.44. The van der Waals surface area contributed by atoms with Gasteiger partial charge in [0.25, 0.3) is 0 Å². The van der Waals surface area contributed by atoms with Crippen LogP contribution in [0, 0.1) is 0 Å². The molecule has 0 heterocycles. The van der Waals surface area contributed by atoms with Crippen LogP contribution in [0.25, 0.3) is 0 Å². The number of anilines is 2. The number of ether oxygens (including phenoxy) is 2. The van der Waals surface area contributed by atoms with E-state index in [1.165, 1.54) is 11.3 Å². The Hall–Kier alpha value is -2.36. The molecule has 2 rings (SSSR count). The summed E-state index contributed by atoms with van der Waals surface area (Å²) in [5, 5.41) is 0. The van der Waals surface area contributed by atoms with Crippen LogP contribution in [-0.2, 0) is 6.42 Å². The number of hydrogen-bond acceptors (Lipinski definition) is 4. The maximum Gasteiger partial charge on any atom is 0.183 e. The topological polar surface area (TPSA) is 47.7 Å². The van der Waals surface area contributed by atoms with Crippen molar-refractivity contribution in [2.24, 2.45) is 0 Å². The molecule has 0 aliphatic rings. The lowest BCUT2D eigenvalue weighted by molar-refractivity contribution is 0.356. The van der Waals surface area contributed by atoms with Crippen molar-refractivity contribution < 1.29 is 9.47 Å². The van der Waals surface area contributed by atoms with E-state index >= 15 is 0 Å².